The minimum absolute atomic E-state index is 0.510. The maximum Gasteiger partial charge on any atom is -0.0299 e. The summed E-state index contributed by atoms with van der Waals surface area (Å²) in [6.45, 7) is 9.33. The first kappa shape index (κ1) is 15.7. The van der Waals surface area contributed by atoms with Gasteiger partial charge in [0.25, 0.3) is 0 Å². The molecule has 0 saturated heterocycles. The molecule has 0 N–H and O–H groups in total. The highest BCUT2D eigenvalue weighted by atomic mass is 14.2. The van der Waals surface area contributed by atoms with Gasteiger partial charge in [-0.15, -0.1) is 0 Å². The van der Waals surface area contributed by atoms with Gasteiger partial charge in [-0.25, -0.2) is 0 Å². The maximum absolute atomic E-state index is 2.41. The molecule has 0 bridgehead atoms. The van der Waals surface area contributed by atoms with Crippen LogP contribution in [0.5, 0.6) is 0 Å². The van der Waals surface area contributed by atoms with E-state index in [0.29, 0.717) is 5.41 Å². The summed E-state index contributed by atoms with van der Waals surface area (Å²) in [6.07, 6.45) is 16.9. The number of unbranched alkanes of at least 4 members (excludes halogenated alkanes) is 5. The summed E-state index contributed by atoms with van der Waals surface area (Å²) in [5.74, 6) is 0. The zero-order valence-electron chi connectivity index (χ0n) is 12.0. The van der Waals surface area contributed by atoms with Crippen molar-refractivity contribution in [3.63, 3.8) is 0 Å². The van der Waals surface area contributed by atoms with Gasteiger partial charge in [-0.1, -0.05) is 78.4 Å². The Hall–Kier alpha value is -0.260. The van der Waals surface area contributed by atoms with Gasteiger partial charge >= 0.3 is 0 Å². The fourth-order valence-electron chi connectivity index (χ4n) is 2.00. The average Bonchev–Trinajstić information content (AvgIpc) is 2.24. The lowest BCUT2D eigenvalue weighted by Crippen LogP contribution is -2.09. The van der Waals surface area contributed by atoms with E-state index in [1.165, 1.54) is 57.8 Å². The van der Waals surface area contributed by atoms with Crippen molar-refractivity contribution in [1.29, 1.82) is 0 Å². The van der Waals surface area contributed by atoms with E-state index >= 15 is 0 Å². The van der Waals surface area contributed by atoms with Gasteiger partial charge < -0.3 is 0 Å². The monoisotopic (exact) mass is 224 g/mol. The maximum atomic E-state index is 2.41. The second-order valence-corrected chi connectivity index (χ2v) is 5.79. The molecule has 0 amide bonds. The number of rotatable bonds is 10. The third-order valence-corrected chi connectivity index (χ3v) is 3.25. The molecule has 0 aliphatic rings. The van der Waals surface area contributed by atoms with Crippen LogP contribution in [0.15, 0.2) is 12.2 Å². The molecule has 0 saturated carbocycles. The third kappa shape index (κ3) is 10.3. The van der Waals surface area contributed by atoms with Crippen molar-refractivity contribution in [3.05, 3.63) is 12.2 Å². The Kier molecular flexibility index (Phi) is 9.77. The summed E-state index contributed by atoms with van der Waals surface area (Å²) in [4.78, 5) is 0. The molecule has 0 radical (unpaired) electrons. The molecular weight excluding hydrogens is 192 g/mol. The standard InChI is InChI=1S/C16H32/c1-5-7-9-11-13-15-16(3,4)14-12-10-8-6-2/h10,12H,5-9,11,13-15H2,1-4H3. The van der Waals surface area contributed by atoms with Crippen LogP contribution >= 0.6 is 0 Å². The van der Waals surface area contributed by atoms with E-state index < -0.39 is 0 Å². The van der Waals surface area contributed by atoms with Gasteiger partial charge in [0, 0.05) is 0 Å². The van der Waals surface area contributed by atoms with Crippen LogP contribution in [0.3, 0.4) is 0 Å². The molecule has 96 valence electrons. The van der Waals surface area contributed by atoms with Crippen molar-refractivity contribution in [3.8, 4) is 0 Å². The highest BCUT2D eigenvalue weighted by Gasteiger charge is 2.14. The molecule has 0 fully saturated rings. The van der Waals surface area contributed by atoms with E-state index in [1.54, 1.807) is 0 Å². The van der Waals surface area contributed by atoms with Crippen LogP contribution in [0, 0.1) is 5.41 Å². The van der Waals surface area contributed by atoms with E-state index in [9.17, 15) is 0 Å². The zero-order valence-corrected chi connectivity index (χ0v) is 12.0. The summed E-state index contributed by atoms with van der Waals surface area (Å²) in [7, 11) is 0. The first-order valence-electron chi connectivity index (χ1n) is 7.27. The summed E-state index contributed by atoms with van der Waals surface area (Å²) in [6, 6.07) is 0. The van der Waals surface area contributed by atoms with Crippen molar-refractivity contribution in [2.45, 2.75) is 85.5 Å². The van der Waals surface area contributed by atoms with Gasteiger partial charge in [0.15, 0.2) is 0 Å². The molecule has 16 heavy (non-hydrogen) atoms. The molecule has 0 nitrogen and oxygen atoms in total. The van der Waals surface area contributed by atoms with Gasteiger partial charge in [0.2, 0.25) is 0 Å². The zero-order chi connectivity index (χ0) is 12.3. The predicted octanol–water partition coefficient (Wildman–Crippen LogP) is 6.12. The summed E-state index contributed by atoms with van der Waals surface area (Å²) in [5.41, 5.74) is 0.510. The quantitative estimate of drug-likeness (QED) is 0.310. The Balaban J connectivity index is 3.53. The molecule has 0 rings (SSSR count). The van der Waals surface area contributed by atoms with Crippen LogP contribution in [-0.4, -0.2) is 0 Å². The number of hydrogen-bond donors (Lipinski definition) is 0. The summed E-state index contributed by atoms with van der Waals surface area (Å²) in [5, 5.41) is 0. The molecule has 0 aromatic rings. The second kappa shape index (κ2) is 9.93. The molecule has 0 unspecified atom stereocenters. The van der Waals surface area contributed by atoms with E-state index in [-0.39, 0.29) is 0 Å². The lowest BCUT2D eigenvalue weighted by molar-refractivity contribution is 0.323. The fourth-order valence-corrected chi connectivity index (χ4v) is 2.00. The minimum atomic E-state index is 0.510. The summed E-state index contributed by atoms with van der Waals surface area (Å²) < 4.78 is 0. The van der Waals surface area contributed by atoms with Gasteiger partial charge in [0.05, 0.1) is 0 Å². The van der Waals surface area contributed by atoms with Crippen molar-refractivity contribution in [1.82, 2.24) is 0 Å². The van der Waals surface area contributed by atoms with Crippen molar-refractivity contribution < 1.29 is 0 Å². The van der Waals surface area contributed by atoms with Crippen LogP contribution in [0.2, 0.25) is 0 Å². The van der Waals surface area contributed by atoms with Gasteiger partial charge in [-0.3, -0.25) is 0 Å². The number of hydrogen-bond acceptors (Lipinski definition) is 0. The Labute approximate surface area is 104 Å². The largest absolute Gasteiger partial charge is 0.0885 e. The normalized spacial score (nSPS) is 12.5. The molecule has 0 heterocycles. The predicted molar refractivity (Wildman–Crippen MR) is 75.8 cm³/mol. The lowest BCUT2D eigenvalue weighted by atomic mass is 9.83. The van der Waals surface area contributed by atoms with Crippen molar-refractivity contribution >= 4 is 0 Å². The average molecular weight is 224 g/mol. The topological polar surface area (TPSA) is 0 Å². The van der Waals surface area contributed by atoms with E-state index in [1.807, 2.05) is 0 Å². The summed E-state index contributed by atoms with van der Waals surface area (Å²) >= 11 is 0. The van der Waals surface area contributed by atoms with Crippen molar-refractivity contribution in [2.75, 3.05) is 0 Å². The number of allylic oxidation sites excluding steroid dienone is 2. The van der Waals surface area contributed by atoms with E-state index in [2.05, 4.69) is 39.8 Å². The molecule has 0 spiro atoms. The minimum Gasteiger partial charge on any atom is -0.0885 e. The molecule has 0 heteroatoms. The smallest absolute Gasteiger partial charge is 0.0299 e. The van der Waals surface area contributed by atoms with E-state index in [4.69, 9.17) is 0 Å². The highest BCUT2D eigenvalue weighted by molar-refractivity contribution is 4.87. The molecule has 0 aliphatic carbocycles. The van der Waals surface area contributed by atoms with Crippen LogP contribution in [0.1, 0.15) is 85.5 Å². The van der Waals surface area contributed by atoms with Crippen LogP contribution < -0.4 is 0 Å². The molecule has 0 aromatic carbocycles. The first-order chi connectivity index (χ1) is 7.62. The van der Waals surface area contributed by atoms with Gasteiger partial charge in [-0.2, -0.15) is 0 Å². The van der Waals surface area contributed by atoms with Crippen LogP contribution in [-0.2, 0) is 0 Å². The molecule has 0 atom stereocenters. The van der Waals surface area contributed by atoms with Gasteiger partial charge in [0.1, 0.15) is 0 Å². The molecule has 0 aromatic heterocycles. The first-order valence-corrected chi connectivity index (χ1v) is 7.27. The lowest BCUT2D eigenvalue weighted by Gasteiger charge is -2.22. The SMILES string of the molecule is CCCC=CCC(C)(C)CCCCCCC. The Morgan fingerprint density at radius 2 is 1.50 bits per heavy atom. The van der Waals surface area contributed by atoms with Crippen LogP contribution in [0.25, 0.3) is 0 Å². The Morgan fingerprint density at radius 1 is 0.812 bits per heavy atom. The highest BCUT2D eigenvalue weighted by Crippen LogP contribution is 2.28. The van der Waals surface area contributed by atoms with E-state index in [0.717, 1.165) is 0 Å². The fraction of sp³-hybridized carbons (Fsp3) is 0.875. The Morgan fingerprint density at radius 3 is 2.12 bits per heavy atom. The van der Waals surface area contributed by atoms with Crippen molar-refractivity contribution in [2.24, 2.45) is 5.41 Å². The second-order valence-electron chi connectivity index (χ2n) is 5.79. The van der Waals surface area contributed by atoms with Crippen LogP contribution in [0.4, 0.5) is 0 Å². The molecular formula is C16H32. The third-order valence-electron chi connectivity index (χ3n) is 3.25. The Bertz CT molecular complexity index is 165. The molecule has 0 aliphatic heterocycles. The van der Waals surface area contributed by atoms with Gasteiger partial charge in [-0.05, 0) is 24.7 Å².